The van der Waals surface area contributed by atoms with Crippen LogP contribution in [-0.4, -0.2) is 41.1 Å². The Labute approximate surface area is 145 Å². The van der Waals surface area contributed by atoms with E-state index in [0.29, 0.717) is 11.5 Å². The van der Waals surface area contributed by atoms with Crippen LogP contribution in [0.5, 0.6) is 0 Å². The van der Waals surface area contributed by atoms with Crippen molar-refractivity contribution in [2.24, 2.45) is 0 Å². The van der Waals surface area contributed by atoms with Gasteiger partial charge in [-0.3, -0.25) is 14.8 Å². The molecule has 0 aliphatic carbocycles. The summed E-state index contributed by atoms with van der Waals surface area (Å²) in [5.41, 5.74) is 2.25. The quantitative estimate of drug-likeness (QED) is 0.916. The van der Waals surface area contributed by atoms with E-state index in [1.165, 1.54) is 0 Å². The van der Waals surface area contributed by atoms with Crippen molar-refractivity contribution in [2.45, 2.75) is 25.2 Å². The van der Waals surface area contributed by atoms with Gasteiger partial charge >= 0.3 is 0 Å². The van der Waals surface area contributed by atoms with Gasteiger partial charge in [-0.2, -0.15) is 5.26 Å². The van der Waals surface area contributed by atoms with Crippen LogP contribution in [0.15, 0.2) is 29.3 Å². The van der Waals surface area contributed by atoms with Crippen molar-refractivity contribution in [1.29, 1.82) is 5.26 Å². The monoisotopic (exact) mass is 336 g/mol. The maximum atomic E-state index is 12.1. The van der Waals surface area contributed by atoms with Gasteiger partial charge in [-0.15, -0.1) is 0 Å². The lowest BCUT2D eigenvalue weighted by atomic mass is 10.0. The van der Waals surface area contributed by atoms with E-state index in [1.54, 1.807) is 18.5 Å². The predicted molar refractivity (Wildman–Crippen MR) is 94.8 cm³/mol. The number of hydrogen-bond donors (Lipinski definition) is 1. The molecule has 1 unspecified atom stereocenters. The zero-order chi connectivity index (χ0) is 17.2. The first kappa shape index (κ1) is 15.6. The van der Waals surface area contributed by atoms with Crippen LogP contribution in [0.3, 0.4) is 0 Å². The zero-order valence-corrected chi connectivity index (χ0v) is 14.0. The molecule has 7 heteroatoms. The minimum atomic E-state index is -0.0908. The number of aromatic nitrogens is 3. The van der Waals surface area contributed by atoms with Gasteiger partial charge in [0.25, 0.3) is 5.56 Å². The molecule has 2 aliphatic heterocycles. The average Bonchev–Trinajstić information content (AvgIpc) is 3.33. The van der Waals surface area contributed by atoms with Gasteiger partial charge < -0.3 is 9.80 Å². The van der Waals surface area contributed by atoms with Crippen molar-refractivity contribution < 1.29 is 0 Å². The summed E-state index contributed by atoms with van der Waals surface area (Å²) in [4.78, 5) is 28.0. The topological polar surface area (TPSA) is 88.9 Å². The van der Waals surface area contributed by atoms with Crippen molar-refractivity contribution in [3.63, 3.8) is 0 Å². The van der Waals surface area contributed by atoms with Gasteiger partial charge in [0.05, 0.1) is 16.9 Å². The minimum absolute atomic E-state index is 0.0908. The predicted octanol–water partition coefficient (Wildman–Crippen LogP) is 1.63. The van der Waals surface area contributed by atoms with Crippen LogP contribution in [0, 0.1) is 11.3 Å². The molecule has 2 aromatic rings. The van der Waals surface area contributed by atoms with Gasteiger partial charge in [0.15, 0.2) is 0 Å². The number of anilines is 2. The molecule has 2 fully saturated rings. The Balaban J connectivity index is 1.58. The van der Waals surface area contributed by atoms with E-state index in [-0.39, 0.29) is 11.5 Å². The highest BCUT2D eigenvalue weighted by molar-refractivity contribution is 5.58. The third-order valence-corrected chi connectivity index (χ3v) is 5.02. The van der Waals surface area contributed by atoms with Gasteiger partial charge in [0, 0.05) is 50.6 Å². The molecule has 25 heavy (non-hydrogen) atoms. The molecule has 0 amide bonds. The summed E-state index contributed by atoms with van der Waals surface area (Å²) in [6.45, 7) is 3.50. The Morgan fingerprint density at radius 1 is 1.24 bits per heavy atom. The van der Waals surface area contributed by atoms with Crippen LogP contribution in [-0.2, 0) is 0 Å². The number of nitrogens with one attached hydrogen (secondary N) is 1. The highest BCUT2D eigenvalue weighted by Crippen LogP contribution is 2.31. The van der Waals surface area contributed by atoms with Crippen molar-refractivity contribution in [3.05, 3.63) is 46.1 Å². The largest absolute Gasteiger partial charge is 0.370 e. The molecular formula is C18H20N6O. The second-order valence-electron chi connectivity index (χ2n) is 6.62. The maximum absolute atomic E-state index is 12.1. The second kappa shape index (κ2) is 6.55. The van der Waals surface area contributed by atoms with E-state index < -0.39 is 0 Å². The van der Waals surface area contributed by atoms with Gasteiger partial charge in [-0.05, 0) is 25.3 Å². The Morgan fingerprint density at radius 3 is 2.88 bits per heavy atom. The van der Waals surface area contributed by atoms with Crippen molar-refractivity contribution in [3.8, 4) is 6.07 Å². The number of pyridine rings is 1. The molecule has 1 atom stereocenters. The first-order valence-corrected chi connectivity index (χ1v) is 8.70. The SMILES string of the molecule is N#Cc1cnccc1N1CCC(c2cc(=O)[nH]c(N3CCCC3)n2)C1. The second-order valence-corrected chi connectivity index (χ2v) is 6.62. The molecule has 4 rings (SSSR count). The fraction of sp³-hybridized carbons (Fsp3) is 0.444. The normalized spacial score (nSPS) is 20.0. The first-order valence-electron chi connectivity index (χ1n) is 8.70. The fourth-order valence-corrected chi connectivity index (χ4v) is 3.72. The van der Waals surface area contributed by atoms with Gasteiger partial charge in [0.1, 0.15) is 6.07 Å². The fourth-order valence-electron chi connectivity index (χ4n) is 3.72. The van der Waals surface area contributed by atoms with Crippen LogP contribution in [0.25, 0.3) is 0 Å². The summed E-state index contributed by atoms with van der Waals surface area (Å²) in [6.07, 6.45) is 6.51. The number of nitriles is 1. The van der Waals surface area contributed by atoms with Crippen LogP contribution in [0.1, 0.15) is 36.4 Å². The van der Waals surface area contributed by atoms with E-state index in [1.807, 2.05) is 6.07 Å². The van der Waals surface area contributed by atoms with E-state index in [9.17, 15) is 10.1 Å². The number of hydrogen-bond acceptors (Lipinski definition) is 6. The highest BCUT2D eigenvalue weighted by atomic mass is 16.1. The van der Waals surface area contributed by atoms with Gasteiger partial charge in [-0.1, -0.05) is 0 Å². The molecule has 0 bridgehead atoms. The molecule has 1 N–H and O–H groups in total. The van der Waals surface area contributed by atoms with Crippen LogP contribution < -0.4 is 15.4 Å². The van der Waals surface area contributed by atoms with Crippen molar-refractivity contribution >= 4 is 11.6 Å². The van der Waals surface area contributed by atoms with Crippen molar-refractivity contribution in [2.75, 3.05) is 36.0 Å². The smallest absolute Gasteiger partial charge is 0.252 e. The molecular weight excluding hydrogens is 316 g/mol. The van der Waals surface area contributed by atoms with Gasteiger partial charge in [0.2, 0.25) is 5.95 Å². The van der Waals surface area contributed by atoms with E-state index in [2.05, 4.69) is 25.8 Å². The van der Waals surface area contributed by atoms with Gasteiger partial charge in [-0.25, -0.2) is 4.98 Å². The minimum Gasteiger partial charge on any atom is -0.370 e. The maximum Gasteiger partial charge on any atom is 0.252 e. The lowest BCUT2D eigenvalue weighted by Crippen LogP contribution is -2.25. The summed E-state index contributed by atoms with van der Waals surface area (Å²) in [6, 6.07) is 5.69. The Kier molecular flexibility index (Phi) is 4.10. The number of rotatable bonds is 3. The molecule has 0 saturated carbocycles. The van der Waals surface area contributed by atoms with Crippen LogP contribution in [0.4, 0.5) is 11.6 Å². The zero-order valence-electron chi connectivity index (χ0n) is 14.0. The lowest BCUT2D eigenvalue weighted by molar-refractivity contribution is 0.729. The molecule has 4 heterocycles. The summed E-state index contributed by atoms with van der Waals surface area (Å²) in [5.74, 6) is 0.892. The Bertz CT molecular complexity index is 864. The number of nitrogens with zero attached hydrogens (tertiary/aromatic N) is 5. The summed E-state index contributed by atoms with van der Waals surface area (Å²) >= 11 is 0. The van der Waals surface area contributed by atoms with Crippen molar-refractivity contribution in [1.82, 2.24) is 15.0 Å². The Hall–Kier alpha value is -2.88. The molecule has 2 saturated heterocycles. The molecule has 7 nitrogen and oxygen atoms in total. The van der Waals surface area contributed by atoms with E-state index in [0.717, 1.165) is 56.8 Å². The van der Waals surface area contributed by atoms with Crippen LogP contribution in [0.2, 0.25) is 0 Å². The third kappa shape index (κ3) is 3.07. The molecule has 2 aliphatic rings. The molecule has 0 radical (unpaired) electrons. The third-order valence-electron chi connectivity index (χ3n) is 5.02. The molecule has 2 aromatic heterocycles. The lowest BCUT2D eigenvalue weighted by Gasteiger charge is -2.20. The summed E-state index contributed by atoms with van der Waals surface area (Å²) < 4.78 is 0. The highest BCUT2D eigenvalue weighted by Gasteiger charge is 2.28. The summed E-state index contributed by atoms with van der Waals surface area (Å²) in [7, 11) is 0. The van der Waals surface area contributed by atoms with E-state index in [4.69, 9.17) is 4.98 Å². The molecule has 0 aromatic carbocycles. The first-order chi connectivity index (χ1) is 12.2. The number of H-pyrrole nitrogens is 1. The summed E-state index contributed by atoms with van der Waals surface area (Å²) in [5, 5.41) is 9.28. The van der Waals surface area contributed by atoms with E-state index >= 15 is 0 Å². The standard InChI is InChI=1S/C18H20N6O/c19-10-14-11-20-5-3-16(14)24-8-4-13(12-24)15-9-17(25)22-18(21-15)23-6-1-2-7-23/h3,5,9,11,13H,1-2,4,6-8,12H2,(H,21,22,25). The van der Waals surface area contributed by atoms with Crippen LogP contribution >= 0.6 is 0 Å². The molecule has 0 spiro atoms. The number of aromatic amines is 1. The Morgan fingerprint density at radius 2 is 2.08 bits per heavy atom. The molecule has 128 valence electrons. The average molecular weight is 336 g/mol.